The highest BCUT2D eigenvalue weighted by Crippen LogP contribution is 2.24. The third-order valence-corrected chi connectivity index (χ3v) is 3.22. The number of aryl methyl sites for hydroxylation is 1. The fraction of sp³-hybridized carbons (Fsp3) is 0.375. The molecule has 0 atom stereocenters. The van der Waals surface area contributed by atoms with E-state index in [2.05, 4.69) is 10.4 Å². The quantitative estimate of drug-likeness (QED) is 0.818. The van der Waals surface area contributed by atoms with Gasteiger partial charge in [0.2, 0.25) is 0 Å². The Balaban J connectivity index is 2.26. The van der Waals surface area contributed by atoms with Crippen molar-refractivity contribution >= 4 is 11.7 Å². The number of aliphatic hydroxyl groups is 1. The molecule has 1 aromatic heterocycles. The molecular weight excluding hydrogens is 282 g/mol. The lowest BCUT2D eigenvalue weighted by atomic mass is 10.1. The molecule has 118 valence electrons. The first-order chi connectivity index (χ1) is 10.7. The number of amides is 1. The van der Waals surface area contributed by atoms with Gasteiger partial charge in [0.25, 0.3) is 5.91 Å². The molecule has 22 heavy (non-hydrogen) atoms. The standard InChI is InChI=1S/C16H21N3O3/c1-3-22-11-16(21)17-15-10-14(18-19(15)8-9-20)13-7-5-4-6-12(13)2/h4-7,10,20H,3,8-9,11H2,1-2H3,(H,17,21). The zero-order chi connectivity index (χ0) is 15.9. The van der Waals surface area contributed by atoms with Crippen LogP contribution in [0.25, 0.3) is 11.3 Å². The monoisotopic (exact) mass is 303 g/mol. The Morgan fingerprint density at radius 2 is 2.18 bits per heavy atom. The number of aromatic nitrogens is 2. The molecule has 2 rings (SSSR count). The second kappa shape index (κ2) is 7.72. The molecule has 0 bridgehead atoms. The number of nitrogens with zero attached hydrogens (tertiary/aromatic N) is 2. The van der Waals surface area contributed by atoms with Crippen LogP contribution in [0.3, 0.4) is 0 Å². The van der Waals surface area contributed by atoms with E-state index < -0.39 is 0 Å². The summed E-state index contributed by atoms with van der Waals surface area (Å²) in [5.74, 6) is 0.314. The van der Waals surface area contributed by atoms with Gasteiger partial charge >= 0.3 is 0 Å². The maximum absolute atomic E-state index is 11.8. The van der Waals surface area contributed by atoms with E-state index in [0.717, 1.165) is 16.8 Å². The maximum Gasteiger partial charge on any atom is 0.251 e. The molecule has 0 aliphatic heterocycles. The van der Waals surface area contributed by atoms with Crippen LogP contribution in [0.5, 0.6) is 0 Å². The van der Waals surface area contributed by atoms with Gasteiger partial charge < -0.3 is 15.2 Å². The largest absolute Gasteiger partial charge is 0.394 e. The maximum atomic E-state index is 11.8. The predicted octanol–water partition coefficient (Wildman–Crippen LogP) is 1.83. The Hall–Kier alpha value is -2.18. The molecule has 2 N–H and O–H groups in total. The fourth-order valence-corrected chi connectivity index (χ4v) is 2.15. The number of hydrogen-bond acceptors (Lipinski definition) is 4. The molecule has 0 unspecified atom stereocenters. The zero-order valence-corrected chi connectivity index (χ0v) is 12.9. The lowest BCUT2D eigenvalue weighted by Crippen LogP contribution is -2.21. The van der Waals surface area contributed by atoms with Crippen LogP contribution in [-0.4, -0.2) is 40.6 Å². The summed E-state index contributed by atoms with van der Waals surface area (Å²) in [7, 11) is 0. The molecule has 0 aliphatic rings. The molecule has 1 aromatic carbocycles. The molecule has 0 aliphatic carbocycles. The molecule has 6 nitrogen and oxygen atoms in total. The van der Waals surface area contributed by atoms with Crippen molar-refractivity contribution in [1.29, 1.82) is 0 Å². The van der Waals surface area contributed by atoms with Gasteiger partial charge in [0.1, 0.15) is 12.4 Å². The highest BCUT2D eigenvalue weighted by Gasteiger charge is 2.13. The molecule has 0 spiro atoms. The van der Waals surface area contributed by atoms with Crippen LogP contribution in [0.2, 0.25) is 0 Å². The summed E-state index contributed by atoms with van der Waals surface area (Å²) < 4.78 is 6.68. The second-order valence-corrected chi connectivity index (χ2v) is 4.86. The lowest BCUT2D eigenvalue weighted by Gasteiger charge is -2.07. The predicted molar refractivity (Wildman–Crippen MR) is 84.6 cm³/mol. The average molecular weight is 303 g/mol. The number of benzene rings is 1. The van der Waals surface area contributed by atoms with Crippen LogP contribution >= 0.6 is 0 Å². The van der Waals surface area contributed by atoms with Gasteiger partial charge in [0.15, 0.2) is 0 Å². The van der Waals surface area contributed by atoms with E-state index in [-0.39, 0.29) is 19.1 Å². The van der Waals surface area contributed by atoms with Crippen LogP contribution in [0, 0.1) is 6.92 Å². The van der Waals surface area contributed by atoms with Gasteiger partial charge in [0, 0.05) is 18.2 Å². The highest BCUT2D eigenvalue weighted by atomic mass is 16.5. The first kappa shape index (κ1) is 16.2. The first-order valence-corrected chi connectivity index (χ1v) is 7.28. The fourth-order valence-electron chi connectivity index (χ4n) is 2.15. The Kier molecular flexibility index (Phi) is 5.68. The molecule has 1 heterocycles. The summed E-state index contributed by atoms with van der Waals surface area (Å²) in [6, 6.07) is 9.71. The van der Waals surface area contributed by atoms with Gasteiger partial charge in [-0.3, -0.25) is 4.79 Å². The van der Waals surface area contributed by atoms with Gasteiger partial charge in [-0.2, -0.15) is 5.10 Å². The van der Waals surface area contributed by atoms with E-state index in [1.807, 2.05) is 44.2 Å². The minimum Gasteiger partial charge on any atom is -0.394 e. The normalized spacial score (nSPS) is 10.7. The van der Waals surface area contributed by atoms with Crippen molar-refractivity contribution in [1.82, 2.24) is 9.78 Å². The Bertz CT molecular complexity index is 637. The number of rotatable bonds is 7. The van der Waals surface area contributed by atoms with Crippen LogP contribution < -0.4 is 5.32 Å². The van der Waals surface area contributed by atoms with E-state index in [1.54, 1.807) is 4.68 Å². The van der Waals surface area contributed by atoms with Gasteiger partial charge in [-0.15, -0.1) is 0 Å². The minimum atomic E-state index is -0.239. The number of carbonyl (C=O) groups is 1. The van der Waals surface area contributed by atoms with Crippen molar-refractivity contribution < 1.29 is 14.6 Å². The molecule has 0 saturated carbocycles. The summed E-state index contributed by atoms with van der Waals surface area (Å²) in [6.45, 7) is 4.59. The third kappa shape index (κ3) is 3.93. The summed E-state index contributed by atoms with van der Waals surface area (Å²) in [6.07, 6.45) is 0. The number of nitrogens with one attached hydrogen (secondary N) is 1. The highest BCUT2D eigenvalue weighted by molar-refractivity contribution is 5.91. The Labute approximate surface area is 129 Å². The molecular formula is C16H21N3O3. The molecule has 0 fully saturated rings. The van der Waals surface area contributed by atoms with E-state index >= 15 is 0 Å². The van der Waals surface area contributed by atoms with Gasteiger partial charge in [0.05, 0.1) is 18.8 Å². The summed E-state index contributed by atoms with van der Waals surface area (Å²) in [4.78, 5) is 11.8. The van der Waals surface area contributed by atoms with Crippen molar-refractivity contribution in [3.05, 3.63) is 35.9 Å². The molecule has 1 amide bonds. The molecule has 0 radical (unpaired) electrons. The van der Waals surface area contributed by atoms with E-state index in [1.165, 1.54) is 0 Å². The van der Waals surface area contributed by atoms with Gasteiger partial charge in [-0.1, -0.05) is 24.3 Å². The van der Waals surface area contributed by atoms with Crippen molar-refractivity contribution in [2.24, 2.45) is 0 Å². The van der Waals surface area contributed by atoms with Crippen LogP contribution in [0.1, 0.15) is 12.5 Å². The SMILES string of the molecule is CCOCC(=O)Nc1cc(-c2ccccc2C)nn1CCO. The Morgan fingerprint density at radius 3 is 2.86 bits per heavy atom. The summed E-state index contributed by atoms with van der Waals surface area (Å²) in [5, 5.41) is 16.4. The average Bonchev–Trinajstić information content (AvgIpc) is 2.88. The third-order valence-electron chi connectivity index (χ3n) is 3.22. The Morgan fingerprint density at radius 1 is 1.41 bits per heavy atom. The molecule has 0 saturated heterocycles. The zero-order valence-electron chi connectivity index (χ0n) is 12.9. The van der Waals surface area contributed by atoms with Crippen LogP contribution in [-0.2, 0) is 16.1 Å². The van der Waals surface area contributed by atoms with E-state index in [4.69, 9.17) is 9.84 Å². The van der Waals surface area contributed by atoms with Crippen molar-refractivity contribution in [3.63, 3.8) is 0 Å². The molecule has 2 aromatic rings. The minimum absolute atomic E-state index is 0.000499. The van der Waals surface area contributed by atoms with E-state index in [0.29, 0.717) is 19.0 Å². The van der Waals surface area contributed by atoms with Crippen LogP contribution in [0.4, 0.5) is 5.82 Å². The van der Waals surface area contributed by atoms with Crippen molar-refractivity contribution in [2.45, 2.75) is 20.4 Å². The topological polar surface area (TPSA) is 76.4 Å². The van der Waals surface area contributed by atoms with Crippen LogP contribution in [0.15, 0.2) is 30.3 Å². The summed E-state index contributed by atoms with van der Waals surface area (Å²) >= 11 is 0. The number of carbonyl (C=O) groups excluding carboxylic acids is 1. The number of hydrogen-bond donors (Lipinski definition) is 2. The van der Waals surface area contributed by atoms with Gasteiger partial charge in [-0.05, 0) is 19.4 Å². The number of aliphatic hydroxyl groups excluding tert-OH is 1. The van der Waals surface area contributed by atoms with Crippen molar-refractivity contribution in [3.8, 4) is 11.3 Å². The van der Waals surface area contributed by atoms with Gasteiger partial charge in [-0.25, -0.2) is 4.68 Å². The lowest BCUT2D eigenvalue weighted by molar-refractivity contribution is -0.120. The second-order valence-electron chi connectivity index (χ2n) is 4.86. The number of ether oxygens (including phenoxy) is 1. The van der Waals surface area contributed by atoms with Crippen molar-refractivity contribution in [2.75, 3.05) is 25.1 Å². The number of anilines is 1. The summed E-state index contributed by atoms with van der Waals surface area (Å²) in [5.41, 5.74) is 2.86. The van der Waals surface area contributed by atoms with E-state index in [9.17, 15) is 4.79 Å². The molecule has 6 heteroatoms. The first-order valence-electron chi connectivity index (χ1n) is 7.28. The smallest absolute Gasteiger partial charge is 0.251 e.